The Morgan fingerprint density at radius 3 is 1.63 bits per heavy atom. The Kier molecular flexibility index (Phi) is 32.5. The monoisotopic (exact) mass is 1460 g/mol. The molecule has 0 saturated heterocycles. The number of primary amides is 1. The maximum absolute atomic E-state index is 13.7. The molecule has 1 unspecified atom stereocenters. The molecule has 27 heteroatoms. The number of amidine groups is 2. The highest BCUT2D eigenvalue weighted by Crippen LogP contribution is 2.32. The molecule has 3 aliphatic heterocycles. The number of nitrogens with two attached hydrogens (primary N) is 4. The van der Waals surface area contributed by atoms with Gasteiger partial charge in [0.25, 0.3) is 23.6 Å². The highest BCUT2D eigenvalue weighted by Gasteiger charge is 2.31. The normalized spacial score (nSPS) is 13.5. The number of hydrogen-bond donors (Lipinski definition) is 8. The van der Waals surface area contributed by atoms with Gasteiger partial charge in [-0.3, -0.25) is 62.8 Å². The number of amides is 9. The number of ether oxygens (including phenoxy) is 1. The molecular weight excluding hydrogens is 1360 g/mol. The van der Waals surface area contributed by atoms with Crippen molar-refractivity contribution in [3.63, 3.8) is 0 Å². The molecule has 5 aromatic rings. The summed E-state index contributed by atoms with van der Waals surface area (Å²) in [7, 11) is 0. The molecule has 0 saturated carbocycles. The van der Waals surface area contributed by atoms with E-state index in [0.717, 1.165) is 41.7 Å². The predicted octanol–water partition coefficient (Wildman–Crippen LogP) is 9.41. The summed E-state index contributed by atoms with van der Waals surface area (Å²) in [5.41, 5.74) is 31.5. The SMILES string of the molecule is CCCN(CCC)C(=O)C1=Cc2ccc(C(=O)Nc3cncc(CCC(=O)OCc4ccc(CC(=O)[C@H](CCCNC(N)=O)NC(=O)C(CC(=O)CCCCCN5C(=O)C=CC5=O)C(C)C)cc4)c3)cc2N=C(N)C1.CCCN(CCC)C(=O)C1=Cc2ccc(C(=O)Nc3cncc(CN)c3)cc2N=C(N)C1. The maximum Gasteiger partial charge on any atom is 0.312 e. The molecule has 8 rings (SSSR count). The van der Waals surface area contributed by atoms with Crippen LogP contribution in [0.1, 0.15) is 186 Å². The minimum atomic E-state index is -0.907. The lowest BCUT2D eigenvalue weighted by Crippen LogP contribution is -2.46. The molecule has 568 valence electrons. The second kappa shape index (κ2) is 42.0. The van der Waals surface area contributed by atoms with Crippen LogP contribution in [0.4, 0.5) is 27.5 Å². The standard InChI is InChI=1S/C56H71N9O10.C24H30N6O2/c1-5-24-64(25-6-2)55(73)42-29-40-18-19-41(30-47(40)62-49(57)31-42)53(71)61-43-27-39(33-59-34-43)17-22-52(70)75-35-38-15-13-37(14-16-38)28-48(67)46(12-10-23-60-56(58)74)63-54(72)45(36(3)4)32-44(66)11-8-7-9-26-65-50(68)20-21-51(65)69;1-3-7-30(8-4-2)24(32)19-10-17-5-6-18(11-21(17)29-22(26)12-19)23(31)28-20-9-16(13-25)14-27-15-20/h13-16,18-21,27,29-30,33-34,36,45-46H,5-12,17,22-26,28,31-32,35H2,1-4H3,(H2,57,62)(H,61,71)(H,63,72)(H3,58,60,74);5-6,9-11,14-15H,3-4,7-8,12-13,25H2,1-2H3,(H2,26,29)(H,28,31)/t45?,46-;/m0./s1. The summed E-state index contributed by atoms with van der Waals surface area (Å²) in [5, 5.41) is 11.1. The summed E-state index contributed by atoms with van der Waals surface area (Å²) in [6, 6.07) is 19.1. The second-order valence-electron chi connectivity index (χ2n) is 27.0. The third-order valence-electron chi connectivity index (χ3n) is 17.9. The van der Waals surface area contributed by atoms with E-state index in [9.17, 15) is 52.7 Å². The Morgan fingerprint density at radius 2 is 1.12 bits per heavy atom. The number of esters is 1. The number of nitrogens with one attached hydrogen (secondary N) is 4. The van der Waals surface area contributed by atoms with Gasteiger partial charge < -0.3 is 58.7 Å². The highest BCUT2D eigenvalue weighted by atomic mass is 16.5. The van der Waals surface area contributed by atoms with Gasteiger partial charge >= 0.3 is 12.0 Å². The fourth-order valence-electron chi connectivity index (χ4n) is 12.3. The van der Waals surface area contributed by atoms with Gasteiger partial charge in [0.2, 0.25) is 17.7 Å². The average molecular weight is 1460 g/mol. The van der Waals surface area contributed by atoms with Crippen molar-refractivity contribution >= 4 is 111 Å². The zero-order valence-electron chi connectivity index (χ0n) is 62.1. The lowest BCUT2D eigenvalue weighted by Gasteiger charge is -2.24. The van der Waals surface area contributed by atoms with E-state index in [1.54, 1.807) is 97.5 Å². The van der Waals surface area contributed by atoms with Gasteiger partial charge in [0, 0.05) is 148 Å². The van der Waals surface area contributed by atoms with E-state index < -0.39 is 35.8 Å². The Labute approximate surface area is 625 Å². The van der Waals surface area contributed by atoms with E-state index in [1.165, 1.54) is 18.3 Å². The molecular formula is C80H101N15O12. The van der Waals surface area contributed by atoms with Gasteiger partial charge in [0.05, 0.1) is 41.2 Å². The molecule has 3 aliphatic rings. The first-order valence-corrected chi connectivity index (χ1v) is 36.7. The minimum Gasteiger partial charge on any atom is -0.461 e. The molecule has 0 fully saturated rings. The molecule has 0 aliphatic carbocycles. The van der Waals surface area contributed by atoms with E-state index in [0.29, 0.717) is 138 Å². The van der Waals surface area contributed by atoms with Gasteiger partial charge in [-0.1, -0.05) is 84.4 Å². The number of benzene rings is 3. The van der Waals surface area contributed by atoms with E-state index in [-0.39, 0.29) is 117 Å². The quantitative estimate of drug-likeness (QED) is 0.0104. The summed E-state index contributed by atoms with van der Waals surface area (Å²) < 4.78 is 5.54. The lowest BCUT2D eigenvalue weighted by atomic mass is 9.88. The van der Waals surface area contributed by atoms with Crippen LogP contribution in [0.5, 0.6) is 0 Å². The number of carbonyl (C=O) groups is 11. The number of ketones is 2. The largest absolute Gasteiger partial charge is 0.461 e. The molecule has 107 heavy (non-hydrogen) atoms. The number of pyridine rings is 2. The van der Waals surface area contributed by atoms with Gasteiger partial charge in [0.1, 0.15) is 24.1 Å². The van der Waals surface area contributed by atoms with Crippen molar-refractivity contribution in [3.05, 3.63) is 165 Å². The van der Waals surface area contributed by atoms with Crippen molar-refractivity contribution in [2.45, 2.75) is 163 Å². The van der Waals surface area contributed by atoms with Gasteiger partial charge in [0.15, 0.2) is 5.78 Å². The Hall–Kier alpha value is -11.4. The smallest absolute Gasteiger partial charge is 0.312 e. The minimum absolute atomic E-state index is 0.00838. The zero-order chi connectivity index (χ0) is 77.5. The van der Waals surface area contributed by atoms with Crippen molar-refractivity contribution < 1.29 is 57.5 Å². The molecule has 0 bridgehead atoms. The molecule has 3 aromatic carbocycles. The number of Topliss-reactive ketones (excluding diaryl/α,β-unsaturated/α-hetero) is 2. The number of carbonyl (C=O) groups excluding carboxylic acids is 11. The predicted molar refractivity (Wildman–Crippen MR) is 412 cm³/mol. The van der Waals surface area contributed by atoms with Gasteiger partial charge in [-0.2, -0.15) is 0 Å². The van der Waals surface area contributed by atoms with Crippen LogP contribution in [0.25, 0.3) is 12.2 Å². The third-order valence-corrected chi connectivity index (χ3v) is 17.9. The van der Waals surface area contributed by atoms with Gasteiger partial charge in [-0.05, 0) is 135 Å². The summed E-state index contributed by atoms with van der Waals surface area (Å²) in [6.45, 7) is 15.3. The number of rotatable bonds is 38. The molecule has 0 radical (unpaired) electrons. The van der Waals surface area contributed by atoms with Gasteiger partial charge in [-0.15, -0.1) is 0 Å². The summed E-state index contributed by atoms with van der Waals surface area (Å²) in [6.07, 6.45) is 19.2. The first-order chi connectivity index (χ1) is 51.4. The van der Waals surface area contributed by atoms with Crippen LogP contribution in [0, 0.1) is 11.8 Å². The van der Waals surface area contributed by atoms with E-state index in [1.807, 2.05) is 43.6 Å². The maximum atomic E-state index is 13.7. The van der Waals surface area contributed by atoms with Crippen molar-refractivity contribution in [2.24, 2.45) is 44.8 Å². The Bertz CT molecular complexity index is 4170. The van der Waals surface area contributed by atoms with Crippen LogP contribution < -0.4 is 44.2 Å². The van der Waals surface area contributed by atoms with Crippen LogP contribution in [-0.4, -0.2) is 147 Å². The molecule has 2 aromatic heterocycles. The lowest BCUT2D eigenvalue weighted by molar-refractivity contribution is -0.145. The number of fused-ring (bicyclic) bond motifs is 2. The molecule has 0 spiro atoms. The fourth-order valence-corrected chi connectivity index (χ4v) is 12.3. The number of aliphatic imine (C=N–C) groups is 2. The Morgan fingerprint density at radius 1 is 0.607 bits per heavy atom. The van der Waals surface area contributed by atoms with Crippen molar-refractivity contribution in [2.75, 3.05) is 49.9 Å². The topological polar surface area (TPSA) is 409 Å². The third kappa shape index (κ3) is 26.0. The molecule has 27 nitrogen and oxygen atoms in total. The fraction of sp³-hybridized carbons (Fsp3) is 0.412. The van der Waals surface area contributed by atoms with Crippen molar-refractivity contribution in [3.8, 4) is 0 Å². The van der Waals surface area contributed by atoms with Crippen LogP contribution in [-0.2, 0) is 69.1 Å². The van der Waals surface area contributed by atoms with Crippen LogP contribution in [0.2, 0.25) is 0 Å². The highest BCUT2D eigenvalue weighted by molar-refractivity contribution is 6.13. The van der Waals surface area contributed by atoms with E-state index in [2.05, 4.69) is 55.1 Å². The van der Waals surface area contributed by atoms with Crippen LogP contribution in [0.15, 0.2) is 131 Å². The molecule has 2 atom stereocenters. The first kappa shape index (κ1) is 82.9. The molecule has 9 amide bonds. The van der Waals surface area contributed by atoms with E-state index in [4.69, 9.17) is 27.7 Å². The first-order valence-electron chi connectivity index (χ1n) is 36.7. The van der Waals surface area contributed by atoms with Crippen molar-refractivity contribution in [1.82, 2.24) is 35.3 Å². The number of imide groups is 1. The molecule has 5 heterocycles. The number of anilines is 2. The molecule has 12 N–H and O–H groups in total. The zero-order valence-corrected chi connectivity index (χ0v) is 62.1. The van der Waals surface area contributed by atoms with E-state index >= 15 is 0 Å². The summed E-state index contributed by atoms with van der Waals surface area (Å²) in [5.74, 6) is -3.01. The second-order valence-corrected chi connectivity index (χ2v) is 27.0. The number of urea groups is 1. The Balaban J connectivity index is 0.000000413. The van der Waals surface area contributed by atoms with Crippen LogP contribution in [0.3, 0.4) is 0 Å². The number of hydrogen-bond acceptors (Lipinski definition) is 19. The van der Waals surface area contributed by atoms with Crippen LogP contribution >= 0.6 is 0 Å². The number of unbranched alkanes of at least 4 members (excludes halogenated alkanes) is 2. The average Bonchev–Trinajstić information content (AvgIpc) is 1.74. The number of aromatic nitrogens is 2. The number of aryl methyl sites for hydroxylation is 1. The summed E-state index contributed by atoms with van der Waals surface area (Å²) in [4.78, 5) is 163. The number of nitrogens with zero attached hydrogens (tertiary/aromatic N) is 7. The summed E-state index contributed by atoms with van der Waals surface area (Å²) >= 11 is 0. The van der Waals surface area contributed by atoms with Gasteiger partial charge in [-0.25, -0.2) is 14.8 Å². The van der Waals surface area contributed by atoms with Crippen molar-refractivity contribution in [1.29, 1.82) is 0 Å².